The van der Waals surface area contributed by atoms with Crippen LogP contribution < -0.4 is 10.5 Å². The van der Waals surface area contributed by atoms with Crippen LogP contribution in [0.25, 0.3) is 5.69 Å². The van der Waals surface area contributed by atoms with Crippen LogP contribution in [0.15, 0.2) is 22.7 Å². The number of benzene rings is 1. The molecular weight excluding hydrogens is 306 g/mol. The highest BCUT2D eigenvalue weighted by molar-refractivity contribution is 9.10. The number of aromatic nitrogens is 1. The predicted molar refractivity (Wildman–Crippen MR) is 78.6 cm³/mol. The SMILES string of the molecule is COc1ccc(-n2c(C)c(C)c(C#N)c2N)cc1Br. The highest BCUT2D eigenvalue weighted by Gasteiger charge is 2.16. The van der Waals surface area contributed by atoms with Crippen molar-refractivity contribution in [2.24, 2.45) is 0 Å². The first-order valence-corrected chi connectivity index (χ1v) is 6.52. The molecule has 2 N–H and O–H groups in total. The van der Waals surface area contributed by atoms with Crippen molar-refractivity contribution in [1.29, 1.82) is 5.26 Å². The maximum Gasteiger partial charge on any atom is 0.133 e. The fourth-order valence-corrected chi connectivity index (χ4v) is 2.63. The second kappa shape index (κ2) is 4.98. The maximum atomic E-state index is 9.15. The second-order valence-corrected chi connectivity index (χ2v) is 5.09. The van der Waals surface area contributed by atoms with Crippen LogP contribution >= 0.6 is 15.9 Å². The van der Waals surface area contributed by atoms with Crippen LogP contribution in [0.5, 0.6) is 5.75 Å². The first-order valence-electron chi connectivity index (χ1n) is 5.72. The predicted octanol–water partition coefficient (Wildman–Crippen LogP) is 3.32. The summed E-state index contributed by atoms with van der Waals surface area (Å²) in [5.74, 6) is 1.22. The average molecular weight is 320 g/mol. The summed E-state index contributed by atoms with van der Waals surface area (Å²) in [6.07, 6.45) is 0. The summed E-state index contributed by atoms with van der Waals surface area (Å²) in [4.78, 5) is 0. The van der Waals surface area contributed by atoms with Gasteiger partial charge in [-0.15, -0.1) is 0 Å². The summed E-state index contributed by atoms with van der Waals surface area (Å²) < 4.78 is 7.92. The van der Waals surface area contributed by atoms with E-state index >= 15 is 0 Å². The fraction of sp³-hybridized carbons (Fsp3) is 0.214. The molecule has 0 aliphatic carbocycles. The summed E-state index contributed by atoms with van der Waals surface area (Å²) in [6, 6.07) is 7.84. The molecule has 1 heterocycles. The van der Waals surface area contributed by atoms with Crippen molar-refractivity contribution < 1.29 is 4.74 Å². The van der Waals surface area contributed by atoms with E-state index in [0.717, 1.165) is 27.2 Å². The summed E-state index contributed by atoms with van der Waals surface area (Å²) >= 11 is 3.45. The van der Waals surface area contributed by atoms with Gasteiger partial charge in [0.05, 0.1) is 17.1 Å². The number of hydrogen-bond donors (Lipinski definition) is 1. The van der Waals surface area contributed by atoms with Gasteiger partial charge >= 0.3 is 0 Å². The van der Waals surface area contributed by atoms with E-state index in [1.54, 1.807) is 7.11 Å². The molecule has 0 saturated carbocycles. The van der Waals surface area contributed by atoms with Gasteiger partial charge in [-0.2, -0.15) is 5.26 Å². The van der Waals surface area contributed by atoms with Crippen LogP contribution in [0.3, 0.4) is 0 Å². The van der Waals surface area contributed by atoms with Crippen LogP contribution in [0.4, 0.5) is 5.82 Å². The molecule has 0 radical (unpaired) electrons. The summed E-state index contributed by atoms with van der Waals surface area (Å²) in [5.41, 5.74) is 9.36. The molecule has 5 heteroatoms. The first kappa shape index (κ1) is 13.5. The minimum absolute atomic E-state index is 0.467. The average Bonchev–Trinajstić information content (AvgIpc) is 2.60. The summed E-state index contributed by atoms with van der Waals surface area (Å²) in [7, 11) is 1.62. The zero-order valence-electron chi connectivity index (χ0n) is 11.0. The van der Waals surface area contributed by atoms with Gasteiger partial charge in [0.15, 0.2) is 0 Å². The summed E-state index contributed by atoms with van der Waals surface area (Å²) in [6.45, 7) is 3.85. The van der Waals surface area contributed by atoms with Crippen molar-refractivity contribution in [2.75, 3.05) is 12.8 Å². The normalized spacial score (nSPS) is 10.3. The Morgan fingerprint density at radius 3 is 2.53 bits per heavy atom. The largest absolute Gasteiger partial charge is 0.496 e. The maximum absolute atomic E-state index is 9.15. The zero-order valence-corrected chi connectivity index (χ0v) is 12.6. The van der Waals surface area contributed by atoms with Crippen molar-refractivity contribution in [1.82, 2.24) is 4.57 Å². The lowest BCUT2D eigenvalue weighted by Gasteiger charge is -2.11. The van der Waals surface area contributed by atoms with Gasteiger partial charge in [-0.3, -0.25) is 4.57 Å². The van der Waals surface area contributed by atoms with Gasteiger partial charge in [0.25, 0.3) is 0 Å². The minimum Gasteiger partial charge on any atom is -0.496 e. The third-order valence-corrected chi connectivity index (χ3v) is 3.88. The van der Waals surface area contributed by atoms with E-state index in [1.807, 2.05) is 36.6 Å². The molecule has 2 rings (SSSR count). The Bertz CT molecular complexity index is 683. The van der Waals surface area contributed by atoms with Gasteiger partial charge in [0.2, 0.25) is 0 Å². The molecule has 2 aromatic rings. The Hall–Kier alpha value is -1.93. The lowest BCUT2D eigenvalue weighted by atomic mass is 10.2. The standard InChI is InChI=1S/C14H14BrN3O/c1-8-9(2)18(14(17)11(8)7-16)10-4-5-13(19-3)12(15)6-10/h4-6H,17H2,1-3H3. The zero-order chi connectivity index (χ0) is 14.2. The molecule has 1 aromatic carbocycles. The highest BCUT2D eigenvalue weighted by Crippen LogP contribution is 2.32. The first-order chi connectivity index (χ1) is 9.01. The van der Waals surface area contributed by atoms with Crippen LogP contribution in [0.2, 0.25) is 0 Å². The number of hydrogen-bond acceptors (Lipinski definition) is 3. The lowest BCUT2D eigenvalue weighted by molar-refractivity contribution is 0.412. The molecule has 0 unspecified atom stereocenters. The van der Waals surface area contributed by atoms with Gasteiger partial charge < -0.3 is 10.5 Å². The molecule has 0 fully saturated rings. The van der Waals surface area contributed by atoms with E-state index in [9.17, 15) is 0 Å². The topological polar surface area (TPSA) is 64.0 Å². The number of methoxy groups -OCH3 is 1. The highest BCUT2D eigenvalue weighted by atomic mass is 79.9. The quantitative estimate of drug-likeness (QED) is 0.923. The minimum atomic E-state index is 0.467. The number of ether oxygens (including phenoxy) is 1. The van der Waals surface area contributed by atoms with Crippen molar-refractivity contribution in [3.63, 3.8) is 0 Å². The third kappa shape index (κ3) is 2.08. The van der Waals surface area contributed by atoms with E-state index in [2.05, 4.69) is 22.0 Å². The molecule has 0 bridgehead atoms. The molecular formula is C14H14BrN3O. The Kier molecular flexibility index (Phi) is 3.54. The number of nitrogens with two attached hydrogens (primary N) is 1. The molecule has 1 aromatic heterocycles. The van der Waals surface area contributed by atoms with Crippen molar-refractivity contribution in [3.8, 4) is 17.5 Å². The van der Waals surface area contributed by atoms with Gasteiger partial charge in [-0.25, -0.2) is 0 Å². The number of nitrogens with zero attached hydrogens (tertiary/aromatic N) is 2. The van der Waals surface area contributed by atoms with E-state index in [0.29, 0.717) is 11.4 Å². The Balaban J connectivity index is 2.67. The lowest BCUT2D eigenvalue weighted by Crippen LogP contribution is -2.02. The number of anilines is 1. The molecule has 0 aliphatic heterocycles. The van der Waals surface area contributed by atoms with Crippen LogP contribution in [0.1, 0.15) is 16.8 Å². The van der Waals surface area contributed by atoms with E-state index in [4.69, 9.17) is 15.7 Å². The molecule has 0 spiro atoms. The molecule has 0 amide bonds. The van der Waals surface area contributed by atoms with E-state index in [-0.39, 0.29) is 0 Å². The van der Waals surface area contributed by atoms with Crippen LogP contribution in [0, 0.1) is 25.2 Å². The number of nitrogen functional groups attached to an aromatic ring is 1. The van der Waals surface area contributed by atoms with Gasteiger partial charge in [-0.1, -0.05) is 0 Å². The molecule has 4 nitrogen and oxygen atoms in total. The Labute approximate surface area is 120 Å². The van der Waals surface area contributed by atoms with Crippen molar-refractivity contribution in [2.45, 2.75) is 13.8 Å². The van der Waals surface area contributed by atoms with Crippen LogP contribution in [-0.4, -0.2) is 11.7 Å². The number of halogens is 1. The molecule has 98 valence electrons. The van der Waals surface area contributed by atoms with Crippen LogP contribution in [-0.2, 0) is 0 Å². The van der Waals surface area contributed by atoms with Gasteiger partial charge in [0.1, 0.15) is 17.6 Å². The van der Waals surface area contributed by atoms with E-state index < -0.39 is 0 Å². The van der Waals surface area contributed by atoms with Crippen molar-refractivity contribution >= 4 is 21.7 Å². The Morgan fingerprint density at radius 2 is 2.05 bits per heavy atom. The van der Waals surface area contributed by atoms with Gasteiger partial charge in [0, 0.05) is 11.4 Å². The number of nitriles is 1. The Morgan fingerprint density at radius 1 is 1.37 bits per heavy atom. The summed E-state index contributed by atoms with van der Waals surface area (Å²) in [5, 5.41) is 9.15. The monoisotopic (exact) mass is 319 g/mol. The fourth-order valence-electron chi connectivity index (χ4n) is 2.10. The second-order valence-electron chi connectivity index (χ2n) is 4.24. The molecule has 0 saturated heterocycles. The molecule has 19 heavy (non-hydrogen) atoms. The van der Waals surface area contributed by atoms with Gasteiger partial charge in [-0.05, 0) is 53.5 Å². The molecule has 0 atom stereocenters. The molecule has 0 aliphatic rings. The number of rotatable bonds is 2. The van der Waals surface area contributed by atoms with Crippen molar-refractivity contribution in [3.05, 3.63) is 39.5 Å². The third-order valence-electron chi connectivity index (χ3n) is 3.26. The smallest absolute Gasteiger partial charge is 0.133 e. The van der Waals surface area contributed by atoms with E-state index in [1.165, 1.54) is 0 Å².